The highest BCUT2D eigenvalue weighted by Gasteiger charge is 2.38. The van der Waals surface area contributed by atoms with Crippen LogP contribution < -0.4 is 5.32 Å². The lowest BCUT2D eigenvalue weighted by molar-refractivity contribution is -0.143. The van der Waals surface area contributed by atoms with Crippen molar-refractivity contribution in [1.29, 1.82) is 0 Å². The maximum absolute atomic E-state index is 13.9. The first-order valence-corrected chi connectivity index (χ1v) is 13.6. The molecule has 2 aliphatic rings. The van der Waals surface area contributed by atoms with Gasteiger partial charge in [-0.2, -0.15) is 0 Å². The van der Waals surface area contributed by atoms with Crippen LogP contribution in [0.15, 0.2) is 46.0 Å². The van der Waals surface area contributed by atoms with Gasteiger partial charge in [-0.15, -0.1) is 11.3 Å². The second-order valence-electron chi connectivity index (χ2n) is 9.21. The minimum atomic E-state index is -0.880. The average molecular weight is 565 g/mol. The molecule has 2 N–H and O–H groups in total. The van der Waals surface area contributed by atoms with E-state index in [-0.39, 0.29) is 35.9 Å². The van der Waals surface area contributed by atoms with Gasteiger partial charge in [-0.05, 0) is 32.4 Å². The number of aliphatic carboxylic acids is 1. The van der Waals surface area contributed by atoms with E-state index in [9.17, 15) is 19.1 Å². The fraction of sp³-hybridized carbons (Fsp3) is 0.462. The molecule has 0 radical (unpaired) electrons. The smallest absolute Gasteiger partial charge is 0.338 e. The summed E-state index contributed by atoms with van der Waals surface area (Å²) >= 11 is 7.83. The largest absolute Gasteiger partial charge is 0.481 e. The van der Waals surface area contributed by atoms with Crippen LogP contribution in [-0.2, 0) is 19.1 Å². The quantitative estimate of drug-likeness (QED) is 0.439. The van der Waals surface area contributed by atoms with Gasteiger partial charge in [-0.25, -0.2) is 14.2 Å². The van der Waals surface area contributed by atoms with Crippen LogP contribution in [0.5, 0.6) is 0 Å². The number of aromatic nitrogens is 1. The van der Waals surface area contributed by atoms with E-state index in [4.69, 9.17) is 26.1 Å². The van der Waals surface area contributed by atoms with Gasteiger partial charge in [0, 0.05) is 47.0 Å². The number of ether oxygens (including phenoxy) is 2. The number of hydrogen-bond acceptors (Lipinski definition) is 9. The SMILES string of the molecule is CCOC(=O)C1=C(CN2CCO[C@H](C)[C@H]2CC(C)C(=O)O)NC(c2nccs2)=N[C@H]1c1ccc(F)cc1Cl. The first kappa shape index (κ1) is 28.2. The van der Waals surface area contributed by atoms with Gasteiger partial charge in [0.15, 0.2) is 10.8 Å². The van der Waals surface area contributed by atoms with Crippen molar-refractivity contribution in [3.8, 4) is 0 Å². The number of rotatable bonds is 9. The Bertz CT molecular complexity index is 1240. The summed E-state index contributed by atoms with van der Waals surface area (Å²) in [5, 5.41) is 15.4. The fourth-order valence-electron chi connectivity index (χ4n) is 4.70. The van der Waals surface area contributed by atoms with Gasteiger partial charge in [-0.1, -0.05) is 24.6 Å². The number of carboxylic acid groups (broad SMARTS) is 1. The van der Waals surface area contributed by atoms with Gasteiger partial charge in [0.2, 0.25) is 0 Å². The molecular formula is C26H30ClFN4O5S. The highest BCUT2D eigenvalue weighted by Crippen LogP contribution is 2.37. The molecule has 1 saturated heterocycles. The van der Waals surface area contributed by atoms with Gasteiger partial charge < -0.3 is 19.9 Å². The summed E-state index contributed by atoms with van der Waals surface area (Å²) in [4.78, 5) is 36.3. The van der Waals surface area contributed by atoms with E-state index in [0.717, 1.165) is 0 Å². The molecule has 0 spiro atoms. The third-order valence-corrected chi connectivity index (χ3v) is 7.77. The molecule has 12 heteroatoms. The number of nitrogens with one attached hydrogen (secondary N) is 1. The normalized spacial score (nSPS) is 23.0. The van der Waals surface area contributed by atoms with Crippen molar-refractivity contribution in [1.82, 2.24) is 15.2 Å². The maximum atomic E-state index is 13.9. The van der Waals surface area contributed by atoms with Gasteiger partial charge in [0.25, 0.3) is 0 Å². The molecule has 38 heavy (non-hydrogen) atoms. The van der Waals surface area contributed by atoms with Gasteiger partial charge in [0.05, 0.1) is 30.8 Å². The molecule has 2 aliphatic heterocycles. The lowest BCUT2D eigenvalue weighted by atomic mass is 9.93. The van der Waals surface area contributed by atoms with E-state index in [2.05, 4.69) is 15.2 Å². The number of carbonyl (C=O) groups excluding carboxylic acids is 1. The number of halogens is 2. The van der Waals surface area contributed by atoms with E-state index < -0.39 is 29.7 Å². The number of carboxylic acids is 1. The number of nitrogens with zero attached hydrogens (tertiary/aromatic N) is 3. The van der Waals surface area contributed by atoms with Crippen LogP contribution in [0.3, 0.4) is 0 Å². The fourth-order valence-corrected chi connectivity index (χ4v) is 5.56. The summed E-state index contributed by atoms with van der Waals surface area (Å²) in [5.74, 6) is -2.09. The highest BCUT2D eigenvalue weighted by atomic mass is 35.5. The minimum absolute atomic E-state index is 0.133. The lowest BCUT2D eigenvalue weighted by Gasteiger charge is -2.42. The molecule has 4 atom stereocenters. The van der Waals surface area contributed by atoms with E-state index in [1.165, 1.54) is 29.5 Å². The summed E-state index contributed by atoms with van der Waals surface area (Å²) < 4.78 is 25.2. The molecule has 0 aliphatic carbocycles. The third-order valence-electron chi connectivity index (χ3n) is 6.66. The Labute approximate surface area is 229 Å². The van der Waals surface area contributed by atoms with Crippen LogP contribution in [0.4, 0.5) is 4.39 Å². The number of amidine groups is 1. The average Bonchev–Trinajstić information content (AvgIpc) is 3.41. The van der Waals surface area contributed by atoms with Crippen molar-refractivity contribution in [2.45, 2.75) is 45.4 Å². The third kappa shape index (κ3) is 6.23. The molecule has 2 aromatic rings. The van der Waals surface area contributed by atoms with Crippen LogP contribution in [-0.4, -0.2) is 71.2 Å². The maximum Gasteiger partial charge on any atom is 0.338 e. The van der Waals surface area contributed by atoms with Crippen molar-refractivity contribution < 1.29 is 28.6 Å². The lowest BCUT2D eigenvalue weighted by Crippen LogP contribution is -2.53. The van der Waals surface area contributed by atoms with Crippen molar-refractivity contribution in [3.05, 3.63) is 62.5 Å². The first-order valence-electron chi connectivity index (χ1n) is 12.4. The monoisotopic (exact) mass is 564 g/mol. The van der Waals surface area contributed by atoms with E-state index in [1.54, 1.807) is 20.0 Å². The Morgan fingerprint density at radius 2 is 2.21 bits per heavy atom. The predicted octanol–water partition coefficient (Wildman–Crippen LogP) is 4.04. The Morgan fingerprint density at radius 1 is 1.42 bits per heavy atom. The highest BCUT2D eigenvalue weighted by molar-refractivity contribution is 7.11. The number of benzene rings is 1. The molecule has 4 rings (SSSR count). The van der Waals surface area contributed by atoms with Gasteiger partial charge >= 0.3 is 11.9 Å². The minimum Gasteiger partial charge on any atom is -0.481 e. The number of thiazole rings is 1. The standard InChI is InChI=1S/C26H30ClFN4O5S/c1-4-36-26(35)21-19(13-32-8-9-37-15(3)20(32)11-14(2)25(33)34)30-23(24-29-7-10-38-24)31-22(21)17-6-5-16(28)12-18(17)27/h5-7,10,12,14-15,20,22H,4,8-9,11,13H2,1-3H3,(H,30,31)(H,33,34)/t14?,15-,20-,22+/m1/s1. The number of hydrogen-bond donors (Lipinski definition) is 2. The molecular weight excluding hydrogens is 535 g/mol. The van der Waals surface area contributed by atoms with Crippen LogP contribution in [0.1, 0.15) is 43.8 Å². The van der Waals surface area contributed by atoms with Crippen molar-refractivity contribution in [2.24, 2.45) is 10.9 Å². The van der Waals surface area contributed by atoms with E-state index >= 15 is 0 Å². The zero-order chi connectivity index (χ0) is 27.4. The van der Waals surface area contributed by atoms with Crippen molar-refractivity contribution in [3.63, 3.8) is 0 Å². The Hall–Kier alpha value is -2.86. The van der Waals surface area contributed by atoms with E-state index in [1.807, 2.05) is 12.3 Å². The molecule has 1 aromatic heterocycles. The number of morpholine rings is 1. The topological polar surface area (TPSA) is 113 Å². The first-order chi connectivity index (χ1) is 18.2. The number of carbonyl (C=O) groups is 2. The molecule has 3 heterocycles. The summed E-state index contributed by atoms with van der Waals surface area (Å²) in [7, 11) is 0. The van der Waals surface area contributed by atoms with Crippen LogP contribution in [0, 0.1) is 11.7 Å². The second kappa shape index (κ2) is 12.3. The van der Waals surface area contributed by atoms with Crippen LogP contribution >= 0.6 is 22.9 Å². The molecule has 0 saturated carbocycles. The number of aliphatic imine (C=N–C) groups is 1. The van der Waals surface area contributed by atoms with Crippen LogP contribution in [0.25, 0.3) is 0 Å². The zero-order valence-corrected chi connectivity index (χ0v) is 22.9. The summed E-state index contributed by atoms with van der Waals surface area (Å²) in [6, 6.07) is 2.90. The summed E-state index contributed by atoms with van der Waals surface area (Å²) in [5.41, 5.74) is 1.25. The summed E-state index contributed by atoms with van der Waals surface area (Å²) in [6.07, 6.45) is 1.82. The van der Waals surface area contributed by atoms with Gasteiger partial charge in [0.1, 0.15) is 11.9 Å². The van der Waals surface area contributed by atoms with Gasteiger partial charge in [-0.3, -0.25) is 14.7 Å². The van der Waals surface area contributed by atoms with Crippen LogP contribution in [0.2, 0.25) is 5.02 Å². The Morgan fingerprint density at radius 3 is 2.87 bits per heavy atom. The van der Waals surface area contributed by atoms with Crippen molar-refractivity contribution in [2.75, 3.05) is 26.3 Å². The molecule has 1 aromatic carbocycles. The molecule has 1 fully saturated rings. The Kier molecular flexibility index (Phi) is 9.14. The predicted molar refractivity (Wildman–Crippen MR) is 142 cm³/mol. The molecule has 0 amide bonds. The molecule has 9 nitrogen and oxygen atoms in total. The zero-order valence-electron chi connectivity index (χ0n) is 21.3. The molecule has 1 unspecified atom stereocenters. The molecule has 204 valence electrons. The van der Waals surface area contributed by atoms with Crippen molar-refractivity contribution >= 4 is 40.7 Å². The summed E-state index contributed by atoms with van der Waals surface area (Å²) in [6.45, 7) is 6.73. The van der Waals surface area contributed by atoms with E-state index in [0.29, 0.717) is 41.7 Å². The Balaban J connectivity index is 1.80. The number of esters is 1. The second-order valence-corrected chi connectivity index (χ2v) is 10.5. The molecule has 0 bridgehead atoms.